The summed E-state index contributed by atoms with van der Waals surface area (Å²) in [5.41, 5.74) is 1.87. The maximum atomic E-state index is 11.2. The van der Waals surface area contributed by atoms with Crippen molar-refractivity contribution >= 4 is 20.2 Å². The van der Waals surface area contributed by atoms with Gasteiger partial charge in [0.15, 0.2) is 0 Å². The lowest BCUT2D eigenvalue weighted by molar-refractivity contribution is 0.480. The molecule has 0 heterocycles. The fourth-order valence-electron chi connectivity index (χ4n) is 3.28. The molecule has 0 unspecified atom stereocenters. The van der Waals surface area contributed by atoms with Gasteiger partial charge in [0.1, 0.15) is 0 Å². The highest BCUT2D eigenvalue weighted by atomic mass is 32.2. The third-order valence-corrected chi connectivity index (χ3v) is 6.31. The Hall–Kier alpha value is -1.74. The molecule has 0 spiro atoms. The Bertz CT molecular complexity index is 864. The molecule has 2 aromatic carbocycles. The Morgan fingerprint density at radius 3 is 1.12 bits per heavy atom. The maximum Gasteiger partial charge on any atom is 0.294 e. The second kappa shape index (κ2) is 7.87. The van der Waals surface area contributed by atoms with Gasteiger partial charge in [-0.3, -0.25) is 9.11 Å². The third-order valence-electron chi connectivity index (χ3n) is 4.58. The van der Waals surface area contributed by atoms with Crippen molar-refractivity contribution in [2.24, 2.45) is 0 Å². The summed E-state index contributed by atoms with van der Waals surface area (Å²) >= 11 is 0. The monoisotopic (exact) mass is 398 g/mol. The first-order valence-corrected chi connectivity index (χ1v) is 11.1. The van der Waals surface area contributed by atoms with Crippen LogP contribution in [0.25, 0.3) is 0 Å². The summed E-state index contributed by atoms with van der Waals surface area (Å²) in [6, 6.07) is 12.3. The Morgan fingerprint density at radius 1 is 0.654 bits per heavy atom. The predicted molar refractivity (Wildman–Crippen MR) is 98.6 cm³/mol. The van der Waals surface area contributed by atoms with Crippen molar-refractivity contribution < 1.29 is 25.9 Å². The van der Waals surface area contributed by atoms with Crippen LogP contribution in [-0.4, -0.2) is 25.9 Å². The molecule has 0 amide bonds. The first-order valence-electron chi connectivity index (χ1n) is 8.22. The maximum absolute atomic E-state index is 11.2. The van der Waals surface area contributed by atoms with Gasteiger partial charge in [-0.1, -0.05) is 38.1 Å². The van der Waals surface area contributed by atoms with E-state index in [0.717, 1.165) is 24.0 Å². The molecule has 2 rings (SSSR count). The van der Waals surface area contributed by atoms with E-state index in [1.54, 1.807) is 24.3 Å². The van der Waals surface area contributed by atoms with Gasteiger partial charge in [0, 0.05) is 0 Å². The van der Waals surface area contributed by atoms with Crippen molar-refractivity contribution in [1.82, 2.24) is 0 Å². The summed E-state index contributed by atoms with van der Waals surface area (Å²) in [5, 5.41) is 0. The van der Waals surface area contributed by atoms with Gasteiger partial charge in [-0.05, 0) is 60.1 Å². The van der Waals surface area contributed by atoms with E-state index in [1.165, 1.54) is 24.3 Å². The molecule has 0 radical (unpaired) electrons. The Morgan fingerprint density at radius 2 is 0.923 bits per heavy atom. The summed E-state index contributed by atoms with van der Waals surface area (Å²) in [6.07, 6.45) is 1.59. The smallest absolute Gasteiger partial charge is 0.282 e. The van der Waals surface area contributed by atoms with Crippen LogP contribution in [0.1, 0.15) is 49.7 Å². The van der Waals surface area contributed by atoms with Gasteiger partial charge in [0.2, 0.25) is 0 Å². The molecule has 142 valence electrons. The van der Waals surface area contributed by atoms with E-state index in [4.69, 9.17) is 9.11 Å². The van der Waals surface area contributed by atoms with Crippen molar-refractivity contribution in [2.75, 3.05) is 0 Å². The van der Waals surface area contributed by atoms with Crippen LogP contribution in [0.4, 0.5) is 0 Å². The quantitative estimate of drug-likeness (QED) is 0.685. The van der Waals surface area contributed by atoms with Crippen LogP contribution in [-0.2, 0) is 20.2 Å². The highest BCUT2D eigenvalue weighted by Crippen LogP contribution is 2.38. The molecular formula is C18H22O6S2. The van der Waals surface area contributed by atoms with E-state index in [-0.39, 0.29) is 21.6 Å². The van der Waals surface area contributed by atoms with E-state index in [9.17, 15) is 16.8 Å². The van der Waals surface area contributed by atoms with Gasteiger partial charge in [-0.25, -0.2) is 0 Å². The van der Waals surface area contributed by atoms with Gasteiger partial charge in [0.05, 0.1) is 9.79 Å². The van der Waals surface area contributed by atoms with Crippen LogP contribution in [0.3, 0.4) is 0 Å². The molecule has 0 aliphatic carbocycles. The Balaban J connectivity index is 2.37. The lowest BCUT2D eigenvalue weighted by atomic mass is 9.78. The second-order valence-corrected chi connectivity index (χ2v) is 8.96. The van der Waals surface area contributed by atoms with Crippen LogP contribution >= 0.6 is 0 Å². The molecule has 0 aromatic heterocycles. The highest BCUT2D eigenvalue weighted by Gasteiger charge is 2.23. The van der Waals surface area contributed by atoms with Crippen LogP contribution < -0.4 is 0 Å². The average molecular weight is 399 g/mol. The lowest BCUT2D eigenvalue weighted by Gasteiger charge is -2.26. The molecule has 0 aliphatic rings. The summed E-state index contributed by atoms with van der Waals surface area (Å²) in [5.74, 6) is 0.180. The van der Waals surface area contributed by atoms with Crippen molar-refractivity contribution in [2.45, 2.75) is 48.3 Å². The van der Waals surface area contributed by atoms with Gasteiger partial charge >= 0.3 is 0 Å². The average Bonchev–Trinajstić information content (AvgIpc) is 2.58. The van der Waals surface area contributed by atoms with Crippen LogP contribution in [0, 0.1) is 0 Å². The molecule has 0 saturated heterocycles. The first-order chi connectivity index (χ1) is 12.1. The first kappa shape index (κ1) is 20.6. The Kier molecular flexibility index (Phi) is 6.23. The predicted octanol–water partition coefficient (Wildman–Crippen LogP) is 3.87. The summed E-state index contributed by atoms with van der Waals surface area (Å²) < 4.78 is 63.0. The minimum Gasteiger partial charge on any atom is -0.282 e. The Labute approximate surface area is 154 Å². The highest BCUT2D eigenvalue weighted by molar-refractivity contribution is 7.86. The van der Waals surface area contributed by atoms with Crippen molar-refractivity contribution in [3.8, 4) is 0 Å². The van der Waals surface area contributed by atoms with Crippen LogP contribution in [0.15, 0.2) is 58.3 Å². The number of hydrogen-bond donors (Lipinski definition) is 2. The van der Waals surface area contributed by atoms with Gasteiger partial charge in [0.25, 0.3) is 20.2 Å². The van der Waals surface area contributed by atoms with Crippen molar-refractivity contribution in [1.29, 1.82) is 0 Å². The summed E-state index contributed by atoms with van der Waals surface area (Å²) in [4.78, 5) is -0.302. The van der Waals surface area contributed by atoms with Gasteiger partial charge < -0.3 is 0 Å². The van der Waals surface area contributed by atoms with Gasteiger partial charge in [-0.2, -0.15) is 16.8 Å². The zero-order valence-corrected chi connectivity index (χ0v) is 16.2. The summed E-state index contributed by atoms with van der Waals surface area (Å²) in [6.45, 7) is 4.05. The minimum absolute atomic E-state index is 0.0898. The number of rotatable bonds is 7. The standard InChI is InChI=1S/C18H22O6S2/c1-3-17(13-5-9-15(10-6-13)25(19,20)21)18(4-2)14-7-11-16(12-8-14)26(22,23)24/h5-12,17-18H,3-4H2,1-2H3,(H,19,20,21)(H,22,23,24)/t17-,18+. The molecule has 0 aliphatic heterocycles. The third kappa shape index (κ3) is 4.70. The molecule has 2 aromatic rings. The number of benzene rings is 2. The minimum atomic E-state index is -4.23. The second-order valence-electron chi connectivity index (χ2n) is 6.12. The fourth-order valence-corrected chi connectivity index (χ4v) is 4.24. The molecule has 6 nitrogen and oxygen atoms in total. The van der Waals surface area contributed by atoms with Crippen molar-refractivity contribution in [3.63, 3.8) is 0 Å². The normalized spacial score (nSPS) is 14.8. The molecule has 0 bridgehead atoms. The van der Waals surface area contributed by atoms with Gasteiger partial charge in [-0.15, -0.1) is 0 Å². The molecule has 26 heavy (non-hydrogen) atoms. The fraction of sp³-hybridized carbons (Fsp3) is 0.333. The van der Waals surface area contributed by atoms with E-state index in [1.807, 2.05) is 13.8 Å². The molecule has 0 saturated carbocycles. The molecule has 2 N–H and O–H groups in total. The topological polar surface area (TPSA) is 109 Å². The molecule has 8 heteroatoms. The lowest BCUT2D eigenvalue weighted by Crippen LogP contribution is -2.11. The van der Waals surface area contributed by atoms with Crippen LogP contribution in [0.2, 0.25) is 0 Å². The zero-order chi connectivity index (χ0) is 19.5. The van der Waals surface area contributed by atoms with Crippen LogP contribution in [0.5, 0.6) is 0 Å². The SMILES string of the molecule is CC[C@H](c1ccc(S(=O)(=O)O)cc1)[C@@H](CC)c1ccc(S(=O)(=O)O)cc1. The molecule has 0 fully saturated rings. The van der Waals surface area contributed by atoms with E-state index in [0.29, 0.717) is 0 Å². The largest absolute Gasteiger partial charge is 0.294 e. The van der Waals surface area contributed by atoms with Crippen molar-refractivity contribution in [3.05, 3.63) is 59.7 Å². The molecular weight excluding hydrogens is 376 g/mol. The number of hydrogen-bond acceptors (Lipinski definition) is 4. The van der Waals surface area contributed by atoms with E-state index < -0.39 is 20.2 Å². The summed E-state index contributed by atoms with van der Waals surface area (Å²) in [7, 11) is -8.46. The van der Waals surface area contributed by atoms with E-state index in [2.05, 4.69) is 0 Å². The zero-order valence-electron chi connectivity index (χ0n) is 14.5. The molecule has 2 atom stereocenters. The van der Waals surface area contributed by atoms with E-state index >= 15 is 0 Å².